The van der Waals surface area contributed by atoms with Crippen molar-refractivity contribution >= 4 is 34.3 Å². The highest BCUT2D eigenvalue weighted by Crippen LogP contribution is 2.29. The predicted molar refractivity (Wildman–Crippen MR) is 101 cm³/mol. The fourth-order valence-corrected chi connectivity index (χ4v) is 3.26. The Kier molecular flexibility index (Phi) is 5.51. The van der Waals surface area contributed by atoms with Crippen LogP contribution in [0.5, 0.6) is 0 Å². The van der Waals surface area contributed by atoms with Crippen LogP contribution in [-0.4, -0.2) is 26.6 Å². The first-order chi connectivity index (χ1) is 13.0. The zero-order valence-corrected chi connectivity index (χ0v) is 15.1. The van der Waals surface area contributed by atoms with E-state index in [-0.39, 0.29) is 22.8 Å². The molecule has 0 unspecified atom stereocenters. The number of esters is 1. The average Bonchev–Trinajstić information content (AvgIpc) is 2.66. The molecule has 0 saturated heterocycles. The van der Waals surface area contributed by atoms with Crippen molar-refractivity contribution in [2.24, 2.45) is 0 Å². The van der Waals surface area contributed by atoms with Crippen molar-refractivity contribution in [1.29, 1.82) is 0 Å². The van der Waals surface area contributed by atoms with Crippen LogP contribution in [0.15, 0.2) is 58.2 Å². The number of aromatic nitrogens is 2. The highest BCUT2D eigenvalue weighted by Gasteiger charge is 2.18. The normalized spacial score (nSPS) is 11.9. The first kappa shape index (κ1) is 18.6. The Morgan fingerprint density at radius 2 is 1.96 bits per heavy atom. The molecule has 1 N–H and O–H groups in total. The predicted octanol–water partition coefficient (Wildman–Crippen LogP) is 3.23. The molecule has 1 aromatic heterocycles. The Morgan fingerprint density at radius 1 is 1.26 bits per heavy atom. The third kappa shape index (κ3) is 4.32. The molecule has 0 spiro atoms. The van der Waals surface area contributed by atoms with Crippen molar-refractivity contribution < 1.29 is 14.5 Å². The summed E-state index contributed by atoms with van der Waals surface area (Å²) >= 11 is 1.02. The van der Waals surface area contributed by atoms with Crippen LogP contribution in [0.25, 0.3) is 10.9 Å². The lowest BCUT2D eigenvalue weighted by atomic mass is 10.2. The molecule has 1 heterocycles. The zero-order valence-electron chi connectivity index (χ0n) is 14.2. The number of para-hydroxylation sites is 2. The van der Waals surface area contributed by atoms with Crippen molar-refractivity contribution in [3.63, 3.8) is 0 Å². The molecule has 1 atom stereocenters. The van der Waals surface area contributed by atoms with Gasteiger partial charge in [-0.3, -0.25) is 19.7 Å². The van der Waals surface area contributed by atoms with E-state index in [1.807, 2.05) is 0 Å². The minimum atomic E-state index is -0.763. The molecule has 0 aliphatic carbocycles. The smallest absolute Gasteiger partial charge is 0.316 e. The third-order valence-electron chi connectivity index (χ3n) is 3.73. The second-order valence-electron chi connectivity index (χ2n) is 5.61. The minimum absolute atomic E-state index is 0.0659. The summed E-state index contributed by atoms with van der Waals surface area (Å²) in [7, 11) is 0. The van der Waals surface area contributed by atoms with E-state index in [1.165, 1.54) is 6.07 Å². The van der Waals surface area contributed by atoms with Crippen molar-refractivity contribution in [2.75, 3.05) is 5.75 Å². The average molecular weight is 385 g/mol. The number of thioether (sulfide) groups is 1. The van der Waals surface area contributed by atoms with E-state index in [0.717, 1.165) is 11.8 Å². The van der Waals surface area contributed by atoms with Gasteiger partial charge in [0.1, 0.15) is 0 Å². The summed E-state index contributed by atoms with van der Waals surface area (Å²) in [6.45, 7) is 1.60. The molecule has 0 saturated carbocycles. The Hall–Kier alpha value is -3.20. The maximum absolute atomic E-state index is 12.1. The molecule has 0 aliphatic heterocycles. The standard InChI is InChI=1S/C18H15N3O5S/c1-11(17-19-13-7-3-2-6-12(13)18(23)20-17)26-16(22)10-27-15-9-5-4-8-14(15)21(24)25/h2-9,11H,10H2,1H3,(H,19,20,23)/t11-/m1/s1. The van der Waals surface area contributed by atoms with Gasteiger partial charge in [0.05, 0.1) is 26.5 Å². The summed E-state index contributed by atoms with van der Waals surface area (Å²) in [4.78, 5) is 42.0. The fourth-order valence-electron chi connectivity index (χ4n) is 2.45. The molecule has 27 heavy (non-hydrogen) atoms. The number of nitro groups is 1. The number of fused-ring (bicyclic) bond motifs is 1. The van der Waals surface area contributed by atoms with Gasteiger partial charge < -0.3 is 9.72 Å². The lowest BCUT2D eigenvalue weighted by Crippen LogP contribution is -2.18. The molecule has 138 valence electrons. The van der Waals surface area contributed by atoms with Crippen LogP contribution in [0.4, 0.5) is 5.69 Å². The lowest BCUT2D eigenvalue weighted by molar-refractivity contribution is -0.387. The van der Waals surface area contributed by atoms with Gasteiger partial charge in [-0.05, 0) is 25.1 Å². The van der Waals surface area contributed by atoms with Gasteiger partial charge in [0.15, 0.2) is 11.9 Å². The molecule has 9 heteroatoms. The molecule has 8 nitrogen and oxygen atoms in total. The van der Waals surface area contributed by atoms with Gasteiger partial charge in [0.2, 0.25) is 0 Å². The van der Waals surface area contributed by atoms with Crippen molar-refractivity contribution in [1.82, 2.24) is 9.97 Å². The molecule has 0 fully saturated rings. The molecule has 2 aromatic carbocycles. The summed E-state index contributed by atoms with van der Waals surface area (Å²) in [5, 5.41) is 11.5. The number of ether oxygens (including phenoxy) is 1. The largest absolute Gasteiger partial charge is 0.454 e. The number of aromatic amines is 1. The first-order valence-electron chi connectivity index (χ1n) is 8.00. The van der Waals surface area contributed by atoms with Crippen LogP contribution >= 0.6 is 11.8 Å². The maximum atomic E-state index is 12.1. The number of carbonyl (C=O) groups is 1. The number of H-pyrrole nitrogens is 1. The zero-order chi connectivity index (χ0) is 19.4. The Labute approximate surface area is 157 Å². The van der Waals surface area contributed by atoms with Crippen molar-refractivity contribution in [2.45, 2.75) is 17.9 Å². The maximum Gasteiger partial charge on any atom is 0.316 e. The van der Waals surface area contributed by atoms with Gasteiger partial charge in [0, 0.05) is 6.07 Å². The summed E-state index contributed by atoms with van der Waals surface area (Å²) in [5.74, 6) is -0.434. The topological polar surface area (TPSA) is 115 Å². The van der Waals surface area contributed by atoms with Gasteiger partial charge >= 0.3 is 5.97 Å². The number of hydrogen-bond acceptors (Lipinski definition) is 7. The second-order valence-corrected chi connectivity index (χ2v) is 6.63. The summed E-state index contributed by atoms with van der Waals surface area (Å²) in [6, 6.07) is 13.0. The van der Waals surface area contributed by atoms with Crippen LogP contribution in [0, 0.1) is 10.1 Å². The van der Waals surface area contributed by atoms with Crippen molar-refractivity contribution in [3.8, 4) is 0 Å². The van der Waals surface area contributed by atoms with E-state index in [0.29, 0.717) is 15.8 Å². The van der Waals surface area contributed by atoms with Gasteiger partial charge in [-0.25, -0.2) is 4.98 Å². The highest BCUT2D eigenvalue weighted by molar-refractivity contribution is 8.00. The summed E-state index contributed by atoms with van der Waals surface area (Å²) < 4.78 is 5.30. The molecular weight excluding hydrogens is 370 g/mol. The van der Waals surface area contributed by atoms with E-state index in [4.69, 9.17) is 4.74 Å². The number of benzene rings is 2. The molecular formula is C18H15N3O5S. The first-order valence-corrected chi connectivity index (χ1v) is 8.99. The summed E-state index contributed by atoms with van der Waals surface area (Å²) in [6.07, 6.45) is -0.763. The van der Waals surface area contributed by atoms with Gasteiger partial charge in [-0.15, -0.1) is 11.8 Å². The number of rotatable bonds is 6. The Balaban J connectivity index is 1.68. The molecule has 0 bridgehead atoms. The van der Waals surface area contributed by atoms with E-state index >= 15 is 0 Å². The van der Waals surface area contributed by atoms with Gasteiger partial charge in [-0.1, -0.05) is 24.3 Å². The van der Waals surface area contributed by atoms with Crippen LogP contribution in [0.3, 0.4) is 0 Å². The molecule has 0 amide bonds. The molecule has 0 radical (unpaired) electrons. The quantitative estimate of drug-likeness (QED) is 0.300. The summed E-state index contributed by atoms with van der Waals surface area (Å²) in [5.41, 5.74) is 0.130. The molecule has 3 aromatic rings. The second kappa shape index (κ2) is 8.00. The van der Waals surface area contributed by atoms with Gasteiger partial charge in [0.25, 0.3) is 11.2 Å². The van der Waals surface area contributed by atoms with Crippen molar-refractivity contribution in [3.05, 3.63) is 74.8 Å². The number of carbonyl (C=O) groups excluding carboxylic acids is 1. The van der Waals surface area contributed by atoms with Crippen LogP contribution in [0.1, 0.15) is 18.9 Å². The minimum Gasteiger partial charge on any atom is -0.454 e. The van der Waals surface area contributed by atoms with Crippen LogP contribution < -0.4 is 5.56 Å². The van der Waals surface area contributed by atoms with E-state index < -0.39 is 17.0 Å². The Bertz CT molecular complexity index is 1070. The highest BCUT2D eigenvalue weighted by atomic mass is 32.2. The fraction of sp³-hybridized carbons (Fsp3) is 0.167. The third-order valence-corrected chi connectivity index (χ3v) is 4.77. The lowest BCUT2D eigenvalue weighted by Gasteiger charge is -2.13. The van der Waals surface area contributed by atoms with Crippen LogP contribution in [0.2, 0.25) is 0 Å². The number of nitrogens with one attached hydrogen (secondary N) is 1. The Morgan fingerprint density at radius 3 is 2.74 bits per heavy atom. The number of hydrogen-bond donors (Lipinski definition) is 1. The van der Waals surface area contributed by atoms with Gasteiger partial charge in [-0.2, -0.15) is 0 Å². The molecule has 3 rings (SSSR count). The van der Waals surface area contributed by atoms with E-state index in [9.17, 15) is 19.7 Å². The number of nitrogens with zero attached hydrogens (tertiary/aromatic N) is 2. The number of nitro benzene ring substituents is 1. The monoisotopic (exact) mass is 385 g/mol. The van der Waals surface area contributed by atoms with Crippen LogP contribution in [-0.2, 0) is 9.53 Å². The molecule has 0 aliphatic rings. The van der Waals surface area contributed by atoms with E-state index in [1.54, 1.807) is 49.4 Å². The SMILES string of the molecule is C[C@@H](OC(=O)CSc1ccccc1[N+](=O)[O-])c1nc2ccccc2c(=O)[nH]1. The van der Waals surface area contributed by atoms with E-state index in [2.05, 4.69) is 9.97 Å².